The van der Waals surface area contributed by atoms with Crippen molar-refractivity contribution in [3.05, 3.63) is 43.8 Å². The van der Waals surface area contributed by atoms with E-state index in [4.69, 9.17) is 0 Å². The lowest BCUT2D eigenvalue weighted by Crippen LogP contribution is -1.80. The molecule has 0 aliphatic rings. The molecule has 0 aliphatic carbocycles. The summed E-state index contributed by atoms with van der Waals surface area (Å²) in [4.78, 5) is 10.4. The molecule has 8 heteroatoms. The number of carbonyl (C=O) groups excluding carboxylic acids is 1. The Morgan fingerprint density at radius 2 is 1.57 bits per heavy atom. The molecule has 0 saturated heterocycles. The summed E-state index contributed by atoms with van der Waals surface area (Å²) in [6.07, 6.45) is 0.829. The van der Waals surface area contributed by atoms with Crippen LogP contribution in [-0.4, -0.2) is 26.7 Å². The standard InChI is InChI=1S/C10H8N2OS.C3H3BrN2S/c1-7-11-12-10(14-7)9-4-2-8(6-13)3-5-9;1-2-5-6-3(4)7-2/h2-6H,1H3;1H3. The Hall–Kier alpha value is -1.51. The Bertz CT molecular complexity index is 707. The van der Waals surface area contributed by atoms with Crippen LogP contribution in [0.3, 0.4) is 0 Å². The molecule has 21 heavy (non-hydrogen) atoms. The summed E-state index contributed by atoms with van der Waals surface area (Å²) in [5.41, 5.74) is 1.68. The van der Waals surface area contributed by atoms with Crippen LogP contribution in [0, 0.1) is 13.8 Å². The van der Waals surface area contributed by atoms with Crippen molar-refractivity contribution in [1.82, 2.24) is 20.4 Å². The van der Waals surface area contributed by atoms with Gasteiger partial charge in [-0.1, -0.05) is 46.9 Å². The van der Waals surface area contributed by atoms with Crippen molar-refractivity contribution in [3.63, 3.8) is 0 Å². The Kier molecular flexibility index (Phi) is 5.66. The van der Waals surface area contributed by atoms with E-state index in [2.05, 4.69) is 36.3 Å². The monoisotopic (exact) mass is 382 g/mol. The maximum atomic E-state index is 10.4. The molecule has 0 fully saturated rings. The lowest BCUT2D eigenvalue weighted by molar-refractivity contribution is 0.112. The van der Waals surface area contributed by atoms with Crippen LogP contribution < -0.4 is 0 Å². The van der Waals surface area contributed by atoms with Gasteiger partial charge in [0.05, 0.1) is 0 Å². The first-order valence-corrected chi connectivity index (χ1v) is 8.32. The van der Waals surface area contributed by atoms with E-state index >= 15 is 0 Å². The predicted molar refractivity (Wildman–Crippen MR) is 87.8 cm³/mol. The molecular formula is C13H11BrN4OS2. The highest BCUT2D eigenvalue weighted by molar-refractivity contribution is 9.11. The maximum absolute atomic E-state index is 10.4. The van der Waals surface area contributed by atoms with Crippen molar-refractivity contribution in [2.75, 3.05) is 0 Å². The summed E-state index contributed by atoms with van der Waals surface area (Å²) in [5.74, 6) is 0. The number of aldehydes is 1. The largest absolute Gasteiger partial charge is 0.298 e. The molecule has 3 rings (SSSR count). The fraction of sp³-hybridized carbons (Fsp3) is 0.154. The van der Waals surface area contributed by atoms with E-state index in [1.165, 1.54) is 11.3 Å². The van der Waals surface area contributed by atoms with Crippen LogP contribution in [0.1, 0.15) is 20.4 Å². The fourth-order valence-corrected chi connectivity index (χ4v) is 3.28. The van der Waals surface area contributed by atoms with E-state index in [1.54, 1.807) is 23.5 Å². The second kappa shape index (κ2) is 7.48. The van der Waals surface area contributed by atoms with Crippen LogP contribution in [0.2, 0.25) is 0 Å². The van der Waals surface area contributed by atoms with E-state index < -0.39 is 0 Å². The molecule has 0 aliphatic heterocycles. The number of benzene rings is 1. The molecule has 2 aromatic heterocycles. The summed E-state index contributed by atoms with van der Waals surface area (Å²) in [6, 6.07) is 7.31. The third kappa shape index (κ3) is 4.76. The van der Waals surface area contributed by atoms with Gasteiger partial charge in [0.15, 0.2) is 3.92 Å². The number of nitrogens with zero attached hydrogens (tertiary/aromatic N) is 4. The van der Waals surface area contributed by atoms with Gasteiger partial charge < -0.3 is 0 Å². The van der Waals surface area contributed by atoms with Crippen molar-refractivity contribution in [2.45, 2.75) is 13.8 Å². The van der Waals surface area contributed by atoms with Gasteiger partial charge in [-0.2, -0.15) is 0 Å². The molecule has 0 bridgehead atoms. The van der Waals surface area contributed by atoms with Crippen molar-refractivity contribution in [3.8, 4) is 10.6 Å². The van der Waals surface area contributed by atoms with Gasteiger partial charge in [0.2, 0.25) is 0 Å². The maximum Gasteiger partial charge on any atom is 0.183 e. The highest BCUT2D eigenvalue weighted by Crippen LogP contribution is 2.22. The van der Waals surface area contributed by atoms with Crippen LogP contribution in [0.5, 0.6) is 0 Å². The summed E-state index contributed by atoms with van der Waals surface area (Å²) in [6.45, 7) is 3.84. The number of aromatic nitrogens is 4. The molecule has 0 amide bonds. The van der Waals surface area contributed by atoms with E-state index in [0.29, 0.717) is 5.56 Å². The number of halogens is 1. The van der Waals surface area contributed by atoms with Gasteiger partial charge in [0, 0.05) is 11.1 Å². The molecule has 3 aromatic rings. The summed E-state index contributed by atoms with van der Waals surface area (Å²) in [5, 5.41) is 18.2. The average Bonchev–Trinajstić information content (AvgIpc) is 3.08. The zero-order chi connectivity index (χ0) is 15.2. The van der Waals surface area contributed by atoms with E-state index in [-0.39, 0.29) is 0 Å². The first kappa shape index (κ1) is 15.9. The molecule has 1 aromatic carbocycles. The van der Waals surface area contributed by atoms with Gasteiger partial charge in [-0.05, 0) is 29.8 Å². The molecule has 0 spiro atoms. The smallest absolute Gasteiger partial charge is 0.183 e. The van der Waals surface area contributed by atoms with E-state index in [0.717, 1.165) is 30.8 Å². The predicted octanol–water partition coefficient (Wildman–Crippen LogP) is 3.94. The molecule has 108 valence electrons. The third-order valence-corrected chi connectivity index (χ3v) is 4.48. The van der Waals surface area contributed by atoms with Crippen LogP contribution in [0.4, 0.5) is 0 Å². The third-order valence-electron chi connectivity index (χ3n) is 2.32. The Morgan fingerprint density at radius 1 is 0.952 bits per heavy atom. The summed E-state index contributed by atoms with van der Waals surface area (Å²) in [7, 11) is 0. The van der Waals surface area contributed by atoms with Gasteiger partial charge in [-0.25, -0.2) is 0 Å². The van der Waals surface area contributed by atoms with Gasteiger partial charge in [-0.3, -0.25) is 4.79 Å². The first-order chi connectivity index (χ1) is 10.1. The number of aryl methyl sites for hydroxylation is 2. The quantitative estimate of drug-likeness (QED) is 0.627. The van der Waals surface area contributed by atoms with Gasteiger partial charge in [0.25, 0.3) is 0 Å². The highest BCUT2D eigenvalue weighted by Gasteiger charge is 2.02. The second-order valence-corrected chi connectivity index (χ2v) is 7.58. The normalized spacial score (nSPS) is 9.86. The molecular weight excluding hydrogens is 372 g/mol. The zero-order valence-electron chi connectivity index (χ0n) is 11.3. The SMILES string of the molecule is Cc1nnc(-c2ccc(C=O)cc2)s1.Cc1nnc(Br)s1. The number of rotatable bonds is 2. The van der Waals surface area contributed by atoms with E-state index in [1.807, 2.05) is 26.0 Å². The molecule has 0 radical (unpaired) electrons. The minimum atomic E-state index is 0.676. The lowest BCUT2D eigenvalue weighted by Gasteiger charge is -1.94. The zero-order valence-corrected chi connectivity index (χ0v) is 14.5. The number of carbonyl (C=O) groups is 1. The molecule has 0 atom stereocenters. The van der Waals surface area contributed by atoms with Crippen molar-refractivity contribution in [2.24, 2.45) is 0 Å². The highest BCUT2D eigenvalue weighted by atomic mass is 79.9. The Morgan fingerprint density at radius 3 is 1.95 bits per heavy atom. The molecule has 0 N–H and O–H groups in total. The second-order valence-electron chi connectivity index (χ2n) is 3.94. The van der Waals surface area contributed by atoms with Crippen molar-refractivity contribution >= 4 is 44.9 Å². The van der Waals surface area contributed by atoms with Gasteiger partial charge in [-0.15, -0.1) is 20.4 Å². The van der Waals surface area contributed by atoms with Crippen LogP contribution in [0.25, 0.3) is 10.6 Å². The van der Waals surface area contributed by atoms with Crippen molar-refractivity contribution < 1.29 is 4.79 Å². The minimum absolute atomic E-state index is 0.676. The molecule has 5 nitrogen and oxygen atoms in total. The van der Waals surface area contributed by atoms with Gasteiger partial charge in [0.1, 0.15) is 21.3 Å². The fourth-order valence-electron chi connectivity index (χ4n) is 1.39. The molecule has 0 saturated carbocycles. The van der Waals surface area contributed by atoms with Crippen molar-refractivity contribution in [1.29, 1.82) is 0 Å². The number of hydrogen-bond donors (Lipinski definition) is 0. The van der Waals surface area contributed by atoms with Gasteiger partial charge >= 0.3 is 0 Å². The van der Waals surface area contributed by atoms with E-state index in [9.17, 15) is 4.79 Å². The molecule has 2 heterocycles. The number of hydrogen-bond acceptors (Lipinski definition) is 7. The summed E-state index contributed by atoms with van der Waals surface area (Å²) < 4.78 is 0.852. The Labute approximate surface area is 138 Å². The van der Waals surface area contributed by atoms with Crippen LogP contribution in [0.15, 0.2) is 28.2 Å². The average molecular weight is 383 g/mol. The first-order valence-electron chi connectivity index (χ1n) is 5.90. The van der Waals surface area contributed by atoms with Crippen LogP contribution in [-0.2, 0) is 0 Å². The lowest BCUT2D eigenvalue weighted by atomic mass is 10.2. The molecule has 0 unspecified atom stereocenters. The minimum Gasteiger partial charge on any atom is -0.298 e. The van der Waals surface area contributed by atoms with Crippen LogP contribution >= 0.6 is 38.6 Å². The summed E-state index contributed by atoms with van der Waals surface area (Å²) >= 11 is 6.26. The Balaban J connectivity index is 0.000000194. The topological polar surface area (TPSA) is 68.6 Å².